The van der Waals surface area contributed by atoms with Gasteiger partial charge < -0.3 is 20.7 Å². The largest absolute Gasteiger partial charge is 0.444 e. The molecule has 7 nitrogen and oxygen atoms in total. The van der Waals surface area contributed by atoms with Gasteiger partial charge in [0.2, 0.25) is 11.8 Å². The van der Waals surface area contributed by atoms with E-state index < -0.39 is 11.7 Å². The van der Waals surface area contributed by atoms with Gasteiger partial charge >= 0.3 is 6.09 Å². The fourth-order valence-corrected chi connectivity index (χ4v) is 2.90. The van der Waals surface area contributed by atoms with Crippen molar-refractivity contribution in [2.24, 2.45) is 5.92 Å². The second-order valence-electron chi connectivity index (χ2n) is 7.80. The number of hydrogen-bond acceptors (Lipinski definition) is 4. The van der Waals surface area contributed by atoms with Crippen molar-refractivity contribution in [1.82, 2.24) is 10.6 Å². The van der Waals surface area contributed by atoms with Crippen LogP contribution in [0.25, 0.3) is 0 Å². The van der Waals surface area contributed by atoms with E-state index in [1.807, 2.05) is 12.1 Å². The van der Waals surface area contributed by atoms with Gasteiger partial charge in [-0.05, 0) is 51.3 Å². The van der Waals surface area contributed by atoms with E-state index in [1.54, 1.807) is 32.9 Å². The monoisotopic (exact) mass is 375 g/mol. The molecule has 1 saturated carbocycles. The lowest BCUT2D eigenvalue weighted by Crippen LogP contribution is -2.37. The van der Waals surface area contributed by atoms with Crippen LogP contribution in [0.15, 0.2) is 24.3 Å². The first-order chi connectivity index (χ1) is 12.7. The van der Waals surface area contributed by atoms with Crippen LogP contribution in [0.2, 0.25) is 0 Å². The van der Waals surface area contributed by atoms with Crippen molar-refractivity contribution in [3.05, 3.63) is 29.8 Å². The Balaban J connectivity index is 1.72. The molecule has 0 atom stereocenters. The number of hydrogen-bond donors (Lipinski definition) is 3. The van der Waals surface area contributed by atoms with Crippen LogP contribution < -0.4 is 16.0 Å². The first kappa shape index (κ1) is 20.7. The Morgan fingerprint density at radius 3 is 2.26 bits per heavy atom. The molecule has 1 aromatic rings. The van der Waals surface area contributed by atoms with Crippen molar-refractivity contribution in [2.45, 2.75) is 58.6 Å². The number of alkyl carbamates (subject to hydrolysis) is 1. The Morgan fingerprint density at radius 2 is 1.67 bits per heavy atom. The molecular weight excluding hydrogens is 346 g/mol. The van der Waals surface area contributed by atoms with Crippen LogP contribution in [-0.4, -0.2) is 30.1 Å². The van der Waals surface area contributed by atoms with E-state index in [0.717, 1.165) is 31.2 Å². The van der Waals surface area contributed by atoms with Gasteiger partial charge in [-0.1, -0.05) is 25.0 Å². The molecule has 1 fully saturated rings. The SMILES string of the molecule is CC(C)(C)OC(=O)NCC(=O)Nc1ccc(CNC(=O)C2CCCC2)cc1. The van der Waals surface area contributed by atoms with E-state index in [4.69, 9.17) is 4.74 Å². The summed E-state index contributed by atoms with van der Waals surface area (Å²) in [5.41, 5.74) is 0.979. The molecular formula is C20H29N3O4. The zero-order valence-corrected chi connectivity index (χ0v) is 16.3. The quantitative estimate of drug-likeness (QED) is 0.712. The number of nitrogens with one attached hydrogen (secondary N) is 3. The maximum absolute atomic E-state index is 12.0. The summed E-state index contributed by atoms with van der Waals surface area (Å²) in [6.07, 6.45) is 3.60. The minimum Gasteiger partial charge on any atom is -0.444 e. The number of rotatable bonds is 6. The highest BCUT2D eigenvalue weighted by Gasteiger charge is 2.22. The zero-order chi connectivity index (χ0) is 19.9. The number of ether oxygens (including phenoxy) is 1. The van der Waals surface area contributed by atoms with E-state index in [1.165, 1.54) is 0 Å². The summed E-state index contributed by atoms with van der Waals surface area (Å²) in [6, 6.07) is 7.24. The van der Waals surface area contributed by atoms with Crippen LogP contribution in [0.4, 0.5) is 10.5 Å². The van der Waals surface area contributed by atoms with Gasteiger partial charge in [0, 0.05) is 18.2 Å². The van der Waals surface area contributed by atoms with Gasteiger partial charge in [0.05, 0.1) is 0 Å². The van der Waals surface area contributed by atoms with Crippen molar-refractivity contribution < 1.29 is 19.1 Å². The van der Waals surface area contributed by atoms with Crippen LogP contribution in [-0.2, 0) is 20.9 Å². The second kappa shape index (κ2) is 9.39. The van der Waals surface area contributed by atoms with Crippen LogP contribution in [0.3, 0.4) is 0 Å². The van der Waals surface area contributed by atoms with Gasteiger partial charge in [-0.3, -0.25) is 9.59 Å². The Morgan fingerprint density at radius 1 is 1.04 bits per heavy atom. The number of amides is 3. The number of anilines is 1. The van der Waals surface area contributed by atoms with E-state index in [2.05, 4.69) is 16.0 Å². The summed E-state index contributed by atoms with van der Waals surface area (Å²) >= 11 is 0. The standard InChI is InChI=1S/C20H29N3O4/c1-20(2,3)27-19(26)22-13-17(24)23-16-10-8-14(9-11-16)12-21-18(25)15-6-4-5-7-15/h8-11,15H,4-7,12-13H2,1-3H3,(H,21,25)(H,22,26)(H,23,24). The predicted molar refractivity (Wildman–Crippen MR) is 103 cm³/mol. The highest BCUT2D eigenvalue weighted by molar-refractivity contribution is 5.93. The Bertz CT molecular complexity index is 659. The molecule has 0 aliphatic heterocycles. The lowest BCUT2D eigenvalue weighted by atomic mass is 10.1. The molecule has 2 rings (SSSR count). The smallest absolute Gasteiger partial charge is 0.408 e. The Hall–Kier alpha value is -2.57. The van der Waals surface area contributed by atoms with E-state index >= 15 is 0 Å². The molecule has 0 heterocycles. The van der Waals surface area contributed by atoms with E-state index in [9.17, 15) is 14.4 Å². The first-order valence-corrected chi connectivity index (χ1v) is 9.36. The molecule has 148 valence electrons. The third kappa shape index (κ3) is 7.68. The lowest BCUT2D eigenvalue weighted by molar-refractivity contribution is -0.125. The fourth-order valence-electron chi connectivity index (χ4n) is 2.90. The number of carbonyl (C=O) groups is 3. The average Bonchev–Trinajstić information content (AvgIpc) is 3.12. The minimum absolute atomic E-state index is 0.123. The topological polar surface area (TPSA) is 96.5 Å². The molecule has 0 bridgehead atoms. The molecule has 27 heavy (non-hydrogen) atoms. The fraction of sp³-hybridized carbons (Fsp3) is 0.550. The second-order valence-corrected chi connectivity index (χ2v) is 7.80. The molecule has 3 N–H and O–H groups in total. The molecule has 7 heteroatoms. The van der Waals surface area contributed by atoms with Crippen molar-refractivity contribution >= 4 is 23.6 Å². The lowest BCUT2D eigenvalue weighted by Gasteiger charge is -2.19. The molecule has 3 amide bonds. The average molecular weight is 375 g/mol. The molecule has 0 spiro atoms. The Kier molecular flexibility index (Phi) is 7.21. The summed E-state index contributed by atoms with van der Waals surface area (Å²) in [5, 5.41) is 8.07. The van der Waals surface area contributed by atoms with Gasteiger partial charge in [0.15, 0.2) is 0 Å². The maximum atomic E-state index is 12.0. The highest BCUT2D eigenvalue weighted by atomic mass is 16.6. The highest BCUT2D eigenvalue weighted by Crippen LogP contribution is 2.24. The number of benzene rings is 1. The zero-order valence-electron chi connectivity index (χ0n) is 16.3. The van der Waals surface area contributed by atoms with Crippen molar-refractivity contribution in [3.63, 3.8) is 0 Å². The number of carbonyl (C=O) groups excluding carboxylic acids is 3. The predicted octanol–water partition coefficient (Wildman–Crippen LogP) is 2.96. The van der Waals surface area contributed by atoms with Gasteiger partial charge in [0.25, 0.3) is 0 Å². The van der Waals surface area contributed by atoms with Gasteiger partial charge in [-0.2, -0.15) is 0 Å². The summed E-state index contributed by atoms with van der Waals surface area (Å²) in [7, 11) is 0. The molecule has 0 radical (unpaired) electrons. The molecule has 1 aliphatic carbocycles. The van der Waals surface area contributed by atoms with Crippen LogP contribution in [0.5, 0.6) is 0 Å². The Labute approximate surface area is 160 Å². The van der Waals surface area contributed by atoms with Gasteiger partial charge in [-0.25, -0.2) is 4.79 Å². The molecule has 0 aromatic heterocycles. The summed E-state index contributed by atoms with van der Waals surface area (Å²) in [6.45, 7) is 5.57. The van der Waals surface area contributed by atoms with Crippen LogP contribution in [0, 0.1) is 5.92 Å². The third-order valence-corrected chi connectivity index (χ3v) is 4.22. The van der Waals surface area contributed by atoms with Crippen LogP contribution >= 0.6 is 0 Å². The van der Waals surface area contributed by atoms with Gasteiger partial charge in [0.1, 0.15) is 12.1 Å². The summed E-state index contributed by atoms with van der Waals surface area (Å²) in [5.74, 6) is -0.0673. The van der Waals surface area contributed by atoms with Crippen molar-refractivity contribution in [3.8, 4) is 0 Å². The summed E-state index contributed by atoms with van der Waals surface area (Å²) in [4.78, 5) is 35.5. The minimum atomic E-state index is -0.633. The van der Waals surface area contributed by atoms with Crippen molar-refractivity contribution in [1.29, 1.82) is 0 Å². The normalized spacial score (nSPS) is 14.5. The van der Waals surface area contributed by atoms with E-state index in [-0.39, 0.29) is 24.3 Å². The van der Waals surface area contributed by atoms with Crippen LogP contribution in [0.1, 0.15) is 52.0 Å². The maximum Gasteiger partial charge on any atom is 0.408 e. The van der Waals surface area contributed by atoms with Gasteiger partial charge in [-0.15, -0.1) is 0 Å². The third-order valence-electron chi connectivity index (χ3n) is 4.22. The van der Waals surface area contributed by atoms with E-state index in [0.29, 0.717) is 12.2 Å². The molecule has 0 unspecified atom stereocenters. The summed E-state index contributed by atoms with van der Waals surface area (Å²) < 4.78 is 5.07. The molecule has 1 aromatic carbocycles. The molecule has 0 saturated heterocycles. The van der Waals surface area contributed by atoms with Crippen molar-refractivity contribution in [2.75, 3.05) is 11.9 Å². The first-order valence-electron chi connectivity index (χ1n) is 9.36. The molecule has 1 aliphatic rings.